The van der Waals surface area contributed by atoms with Crippen molar-refractivity contribution in [2.24, 2.45) is 0 Å². The van der Waals surface area contributed by atoms with Crippen LogP contribution in [0.1, 0.15) is 12.5 Å². The van der Waals surface area contributed by atoms with Gasteiger partial charge in [-0.25, -0.2) is 4.98 Å². The lowest BCUT2D eigenvalue weighted by atomic mass is 10.3. The number of para-hydroxylation sites is 1. The number of nitrogens with zero attached hydrogens (tertiary/aromatic N) is 1. The molecule has 0 aliphatic carbocycles. The molecule has 0 aliphatic rings. The molecule has 3 aromatic rings. The third-order valence-corrected chi connectivity index (χ3v) is 3.67. The Balaban J connectivity index is 1.48. The first-order valence-corrected chi connectivity index (χ1v) is 8.56. The second kappa shape index (κ2) is 8.65. The van der Waals surface area contributed by atoms with E-state index in [4.69, 9.17) is 14.2 Å². The summed E-state index contributed by atoms with van der Waals surface area (Å²) in [6.07, 6.45) is -4.00. The molecule has 2 aromatic carbocycles. The molecule has 3 rings (SSSR count). The molecule has 1 unspecified atom stereocenters. The van der Waals surface area contributed by atoms with Gasteiger partial charge in [-0.3, -0.25) is 0 Å². The fourth-order valence-electron chi connectivity index (χ4n) is 2.31. The van der Waals surface area contributed by atoms with Crippen molar-refractivity contribution >= 4 is 0 Å². The Bertz CT molecular complexity index is 866. The second-order valence-electron chi connectivity index (χ2n) is 6.01. The minimum atomic E-state index is -4.42. The molecule has 0 saturated heterocycles. The Kier molecular flexibility index (Phi) is 6.03. The summed E-state index contributed by atoms with van der Waals surface area (Å²) in [6.45, 7) is 1.93. The molecule has 28 heavy (non-hydrogen) atoms. The van der Waals surface area contributed by atoms with E-state index in [0.29, 0.717) is 11.5 Å². The third-order valence-electron chi connectivity index (χ3n) is 3.67. The maximum atomic E-state index is 12.5. The van der Waals surface area contributed by atoms with E-state index in [1.54, 1.807) is 31.2 Å². The molecule has 0 N–H and O–H groups in total. The van der Waals surface area contributed by atoms with Crippen LogP contribution in [-0.2, 0) is 6.18 Å². The van der Waals surface area contributed by atoms with Crippen molar-refractivity contribution in [2.45, 2.75) is 19.2 Å². The van der Waals surface area contributed by atoms with E-state index in [0.717, 1.165) is 18.0 Å². The molecule has 0 aliphatic heterocycles. The van der Waals surface area contributed by atoms with Crippen LogP contribution >= 0.6 is 0 Å². The van der Waals surface area contributed by atoms with Crippen molar-refractivity contribution < 1.29 is 27.4 Å². The van der Waals surface area contributed by atoms with Gasteiger partial charge in [0.1, 0.15) is 30.0 Å². The molecule has 0 spiro atoms. The normalized spacial score (nSPS) is 12.3. The van der Waals surface area contributed by atoms with Gasteiger partial charge in [-0.15, -0.1) is 0 Å². The summed E-state index contributed by atoms with van der Waals surface area (Å²) in [5, 5.41) is 0. The molecule has 1 aromatic heterocycles. The molecule has 0 radical (unpaired) electrons. The van der Waals surface area contributed by atoms with E-state index < -0.39 is 11.7 Å². The van der Waals surface area contributed by atoms with Crippen LogP contribution in [0.5, 0.6) is 23.1 Å². The van der Waals surface area contributed by atoms with Gasteiger partial charge in [-0.05, 0) is 49.4 Å². The molecule has 0 fully saturated rings. The van der Waals surface area contributed by atoms with Crippen LogP contribution in [0.2, 0.25) is 0 Å². The van der Waals surface area contributed by atoms with E-state index in [1.807, 2.05) is 30.3 Å². The Morgan fingerprint density at radius 1 is 0.857 bits per heavy atom. The summed E-state index contributed by atoms with van der Waals surface area (Å²) < 4.78 is 54.4. The number of benzene rings is 2. The lowest BCUT2D eigenvalue weighted by molar-refractivity contribution is -0.137. The molecular formula is C21H18F3NO3. The fourth-order valence-corrected chi connectivity index (χ4v) is 2.31. The molecule has 7 heteroatoms. The second-order valence-corrected chi connectivity index (χ2v) is 6.01. The van der Waals surface area contributed by atoms with Crippen LogP contribution in [0, 0.1) is 0 Å². The maximum Gasteiger partial charge on any atom is 0.417 e. The summed E-state index contributed by atoms with van der Waals surface area (Å²) in [4.78, 5) is 3.66. The highest BCUT2D eigenvalue weighted by atomic mass is 19.4. The summed E-state index contributed by atoms with van der Waals surface area (Å²) in [5.41, 5.74) is -0.818. The Labute approximate surface area is 160 Å². The number of aromatic nitrogens is 1. The molecule has 4 nitrogen and oxygen atoms in total. The zero-order valence-electron chi connectivity index (χ0n) is 15.0. The van der Waals surface area contributed by atoms with Gasteiger partial charge < -0.3 is 14.2 Å². The topological polar surface area (TPSA) is 40.6 Å². The molecule has 0 bridgehead atoms. The van der Waals surface area contributed by atoms with E-state index in [1.165, 1.54) is 6.07 Å². The molecular weight excluding hydrogens is 371 g/mol. The number of pyridine rings is 1. The first-order valence-electron chi connectivity index (χ1n) is 8.56. The van der Waals surface area contributed by atoms with Gasteiger partial charge in [-0.1, -0.05) is 18.2 Å². The predicted octanol–water partition coefficient (Wildman–Crippen LogP) is 5.74. The first kappa shape index (κ1) is 19.5. The number of ether oxygens (including phenoxy) is 3. The third kappa shape index (κ3) is 5.64. The Hall–Kier alpha value is -3.22. The predicted molar refractivity (Wildman–Crippen MR) is 97.8 cm³/mol. The van der Waals surface area contributed by atoms with Crippen LogP contribution in [0.3, 0.4) is 0 Å². The van der Waals surface area contributed by atoms with Crippen LogP contribution in [-0.4, -0.2) is 17.7 Å². The summed E-state index contributed by atoms with van der Waals surface area (Å²) in [5.74, 6) is 2.14. The van der Waals surface area contributed by atoms with Crippen molar-refractivity contribution in [2.75, 3.05) is 6.61 Å². The first-order chi connectivity index (χ1) is 13.4. The average Bonchev–Trinajstić information content (AvgIpc) is 2.68. The van der Waals surface area contributed by atoms with Crippen LogP contribution in [0.4, 0.5) is 13.2 Å². The van der Waals surface area contributed by atoms with E-state index >= 15 is 0 Å². The minimum absolute atomic E-state index is 0.107. The van der Waals surface area contributed by atoms with Gasteiger partial charge >= 0.3 is 6.18 Å². The Morgan fingerprint density at radius 2 is 1.50 bits per heavy atom. The zero-order valence-corrected chi connectivity index (χ0v) is 15.0. The van der Waals surface area contributed by atoms with Crippen molar-refractivity contribution in [3.05, 3.63) is 78.5 Å². The van der Waals surface area contributed by atoms with Gasteiger partial charge in [0, 0.05) is 12.3 Å². The summed E-state index contributed by atoms with van der Waals surface area (Å²) >= 11 is 0. The van der Waals surface area contributed by atoms with Crippen LogP contribution in [0.15, 0.2) is 72.9 Å². The number of hydrogen-bond donors (Lipinski definition) is 0. The monoisotopic (exact) mass is 389 g/mol. The van der Waals surface area contributed by atoms with Crippen molar-refractivity contribution in [1.29, 1.82) is 0 Å². The Morgan fingerprint density at radius 3 is 2.11 bits per heavy atom. The largest absolute Gasteiger partial charge is 0.487 e. The summed E-state index contributed by atoms with van der Waals surface area (Å²) in [7, 11) is 0. The van der Waals surface area contributed by atoms with Gasteiger partial charge in [0.15, 0.2) is 0 Å². The highest BCUT2D eigenvalue weighted by molar-refractivity contribution is 5.35. The van der Waals surface area contributed by atoms with Gasteiger partial charge in [0.2, 0.25) is 5.88 Å². The number of hydrogen-bond acceptors (Lipinski definition) is 4. The molecule has 0 saturated carbocycles. The minimum Gasteiger partial charge on any atom is -0.487 e. The SMILES string of the molecule is CC(COc1ccc(C(F)(F)F)cn1)Oc1ccc(Oc2ccccc2)cc1. The standard InChI is InChI=1S/C21H18F3NO3/c1-15(14-26-20-12-7-16(13-25-20)21(22,23)24)27-18-8-10-19(11-9-18)28-17-5-3-2-4-6-17/h2-13,15H,14H2,1H3. The smallest absolute Gasteiger partial charge is 0.417 e. The van der Waals surface area contributed by atoms with E-state index in [2.05, 4.69) is 4.98 Å². The highest BCUT2D eigenvalue weighted by Crippen LogP contribution is 2.29. The fraction of sp³-hybridized carbons (Fsp3) is 0.190. The van der Waals surface area contributed by atoms with E-state index in [9.17, 15) is 13.2 Å². The molecule has 1 heterocycles. The van der Waals surface area contributed by atoms with Gasteiger partial charge in [0.25, 0.3) is 0 Å². The lowest BCUT2D eigenvalue weighted by Crippen LogP contribution is -2.21. The van der Waals surface area contributed by atoms with Gasteiger partial charge in [-0.2, -0.15) is 13.2 Å². The average molecular weight is 389 g/mol. The van der Waals surface area contributed by atoms with Crippen molar-refractivity contribution in [3.63, 3.8) is 0 Å². The van der Waals surface area contributed by atoms with Crippen molar-refractivity contribution in [1.82, 2.24) is 4.98 Å². The van der Waals surface area contributed by atoms with Crippen molar-refractivity contribution in [3.8, 4) is 23.1 Å². The molecule has 146 valence electrons. The zero-order chi connectivity index (χ0) is 20.0. The molecule has 1 atom stereocenters. The van der Waals surface area contributed by atoms with Crippen LogP contribution < -0.4 is 14.2 Å². The quantitative estimate of drug-likeness (QED) is 0.517. The van der Waals surface area contributed by atoms with Gasteiger partial charge in [0.05, 0.1) is 5.56 Å². The number of rotatable bonds is 7. The maximum absolute atomic E-state index is 12.5. The summed E-state index contributed by atoms with van der Waals surface area (Å²) in [6, 6.07) is 18.6. The van der Waals surface area contributed by atoms with Crippen LogP contribution in [0.25, 0.3) is 0 Å². The number of alkyl halides is 3. The lowest BCUT2D eigenvalue weighted by Gasteiger charge is -2.16. The number of halogens is 3. The molecule has 0 amide bonds. The highest BCUT2D eigenvalue weighted by Gasteiger charge is 2.30. The van der Waals surface area contributed by atoms with E-state index in [-0.39, 0.29) is 18.6 Å².